The fourth-order valence-corrected chi connectivity index (χ4v) is 1.10. The van der Waals surface area contributed by atoms with Crippen LogP contribution in [-0.2, 0) is 10.3 Å². The molecule has 0 spiro atoms. The Morgan fingerprint density at radius 3 is 2.45 bits per heavy atom. The molecule has 3 nitrogen and oxygen atoms in total. The van der Waals surface area contributed by atoms with Gasteiger partial charge in [-0.05, 0) is 6.07 Å². The highest BCUT2D eigenvalue weighted by Crippen LogP contribution is 2.11. The van der Waals surface area contributed by atoms with Crippen LogP contribution in [0.1, 0.15) is 5.56 Å². The van der Waals surface area contributed by atoms with E-state index < -0.39 is 10.3 Å². The first-order chi connectivity index (χ1) is 5.20. The van der Waals surface area contributed by atoms with Gasteiger partial charge in [-0.1, -0.05) is 18.2 Å². The first-order valence-electron chi connectivity index (χ1n) is 2.91. The van der Waals surface area contributed by atoms with Gasteiger partial charge in [0.25, 0.3) is 0 Å². The Morgan fingerprint density at radius 2 is 1.91 bits per heavy atom. The van der Waals surface area contributed by atoms with Crippen LogP contribution >= 0.6 is 0 Å². The van der Waals surface area contributed by atoms with E-state index in [0.717, 1.165) is 5.37 Å². The summed E-state index contributed by atoms with van der Waals surface area (Å²) in [7, 11) is -2.26. The Kier molecular flexibility index (Phi) is 2.28. The maximum Gasteiger partial charge on any atom is 0.214 e. The Bertz CT molecular complexity index is 370. The normalized spacial score (nSPS) is 9.09. The van der Waals surface area contributed by atoms with Crippen molar-refractivity contribution in [3.63, 3.8) is 0 Å². The third-order valence-corrected chi connectivity index (χ3v) is 1.61. The topological polar surface area (TPSA) is 54.4 Å². The maximum atomic E-state index is 10.2. The Morgan fingerprint density at radius 1 is 1.27 bits per heavy atom. The van der Waals surface area contributed by atoms with E-state index >= 15 is 0 Å². The van der Waals surface area contributed by atoms with E-state index in [4.69, 9.17) is 5.11 Å². The van der Waals surface area contributed by atoms with Crippen molar-refractivity contribution in [2.45, 2.75) is 0 Å². The molecule has 0 aliphatic rings. The second-order valence-corrected chi connectivity index (χ2v) is 2.69. The molecule has 11 heavy (non-hydrogen) atoms. The van der Waals surface area contributed by atoms with Gasteiger partial charge in [0.1, 0.15) is 5.75 Å². The molecule has 0 saturated carbocycles. The van der Waals surface area contributed by atoms with E-state index in [1.807, 2.05) is 0 Å². The lowest BCUT2D eigenvalue weighted by atomic mass is 10.2. The molecule has 0 heterocycles. The zero-order valence-electron chi connectivity index (χ0n) is 5.56. The Hall–Kier alpha value is -1.29. The number of aromatic hydroxyl groups is 1. The summed E-state index contributed by atoms with van der Waals surface area (Å²) >= 11 is 0. The molecule has 0 fully saturated rings. The van der Waals surface area contributed by atoms with Crippen LogP contribution in [-0.4, -0.2) is 18.9 Å². The van der Waals surface area contributed by atoms with Gasteiger partial charge in [-0.25, -0.2) is 0 Å². The molecule has 0 aliphatic heterocycles. The van der Waals surface area contributed by atoms with E-state index in [0.29, 0.717) is 5.56 Å². The van der Waals surface area contributed by atoms with Crippen molar-refractivity contribution in [2.24, 2.45) is 0 Å². The SMILES string of the molecule is O=S(=O)=Cc1ccccc1O. The zero-order chi connectivity index (χ0) is 8.27. The molecule has 0 saturated heterocycles. The van der Waals surface area contributed by atoms with Crippen molar-refractivity contribution in [3.8, 4) is 5.75 Å². The summed E-state index contributed by atoms with van der Waals surface area (Å²) in [6, 6.07) is 6.22. The molecule has 0 atom stereocenters. The predicted molar refractivity (Wildman–Crippen MR) is 42.2 cm³/mol. The minimum Gasteiger partial charge on any atom is -0.507 e. The van der Waals surface area contributed by atoms with E-state index in [1.54, 1.807) is 12.1 Å². The van der Waals surface area contributed by atoms with Gasteiger partial charge in [0, 0.05) is 5.56 Å². The van der Waals surface area contributed by atoms with Crippen molar-refractivity contribution < 1.29 is 13.5 Å². The summed E-state index contributed by atoms with van der Waals surface area (Å²) in [6.07, 6.45) is 0. The highest BCUT2D eigenvalue weighted by atomic mass is 32.2. The van der Waals surface area contributed by atoms with Crippen molar-refractivity contribution >= 4 is 15.7 Å². The molecule has 1 aromatic carbocycles. The first kappa shape index (κ1) is 7.81. The van der Waals surface area contributed by atoms with Crippen LogP contribution in [0.5, 0.6) is 5.75 Å². The lowest BCUT2D eigenvalue weighted by molar-refractivity contribution is 0.474. The maximum absolute atomic E-state index is 10.2. The molecule has 1 rings (SSSR count). The predicted octanol–water partition coefficient (Wildman–Crippen LogP) is 0.422. The van der Waals surface area contributed by atoms with Crippen LogP contribution in [0, 0.1) is 0 Å². The van der Waals surface area contributed by atoms with Crippen LogP contribution in [0.3, 0.4) is 0 Å². The summed E-state index contributed by atoms with van der Waals surface area (Å²) in [5.74, 6) is -0.0308. The number of hydrogen-bond donors (Lipinski definition) is 1. The van der Waals surface area contributed by atoms with Crippen molar-refractivity contribution in [1.29, 1.82) is 0 Å². The summed E-state index contributed by atoms with van der Waals surface area (Å²) < 4.78 is 20.3. The quantitative estimate of drug-likeness (QED) is 0.621. The number of phenols is 1. The van der Waals surface area contributed by atoms with Gasteiger partial charge in [-0.2, -0.15) is 8.42 Å². The van der Waals surface area contributed by atoms with Crippen molar-refractivity contribution in [3.05, 3.63) is 29.8 Å². The van der Waals surface area contributed by atoms with Crippen molar-refractivity contribution in [2.75, 3.05) is 0 Å². The molecule has 1 N–H and O–H groups in total. The van der Waals surface area contributed by atoms with Crippen LogP contribution < -0.4 is 0 Å². The minimum absolute atomic E-state index is 0.0308. The largest absolute Gasteiger partial charge is 0.507 e. The highest BCUT2D eigenvalue weighted by molar-refractivity contribution is 7.71. The van der Waals surface area contributed by atoms with Gasteiger partial charge in [-0.15, -0.1) is 0 Å². The molecule has 0 bridgehead atoms. The molecular weight excluding hydrogens is 164 g/mol. The summed E-state index contributed by atoms with van der Waals surface area (Å²) in [4.78, 5) is 0. The fraction of sp³-hybridized carbons (Fsp3) is 0. The number of para-hydroxylation sites is 1. The fourth-order valence-electron chi connectivity index (χ4n) is 0.691. The first-order valence-corrected chi connectivity index (χ1v) is 4.05. The third-order valence-electron chi connectivity index (χ3n) is 1.16. The summed E-state index contributed by atoms with van der Waals surface area (Å²) in [5, 5.41) is 10.0. The lowest BCUT2D eigenvalue weighted by Gasteiger charge is -1.92. The molecule has 0 aliphatic carbocycles. The smallest absolute Gasteiger partial charge is 0.214 e. The zero-order valence-corrected chi connectivity index (χ0v) is 6.38. The summed E-state index contributed by atoms with van der Waals surface area (Å²) in [6.45, 7) is 0. The Balaban J connectivity index is 3.25. The summed E-state index contributed by atoms with van der Waals surface area (Å²) in [5.41, 5.74) is 0.306. The number of benzene rings is 1. The molecule has 4 heteroatoms. The monoisotopic (exact) mass is 170 g/mol. The van der Waals surface area contributed by atoms with Gasteiger partial charge in [0.15, 0.2) is 0 Å². The average molecular weight is 170 g/mol. The van der Waals surface area contributed by atoms with Gasteiger partial charge in [-0.3, -0.25) is 0 Å². The van der Waals surface area contributed by atoms with Gasteiger partial charge >= 0.3 is 0 Å². The Labute approximate surface area is 65.5 Å². The van der Waals surface area contributed by atoms with E-state index in [2.05, 4.69) is 0 Å². The standard InChI is InChI=1S/C7H6O3S/c8-7-4-2-1-3-6(7)5-11(9)10/h1-5,8H. The molecule has 0 amide bonds. The van der Waals surface area contributed by atoms with Gasteiger partial charge in [0.05, 0.1) is 5.37 Å². The third kappa shape index (κ3) is 2.09. The van der Waals surface area contributed by atoms with Crippen LogP contribution in [0.15, 0.2) is 24.3 Å². The van der Waals surface area contributed by atoms with Crippen molar-refractivity contribution in [1.82, 2.24) is 0 Å². The number of rotatable bonds is 1. The van der Waals surface area contributed by atoms with Gasteiger partial charge in [0.2, 0.25) is 10.3 Å². The minimum atomic E-state index is -2.26. The molecule has 0 aromatic heterocycles. The van der Waals surface area contributed by atoms with Gasteiger partial charge < -0.3 is 5.11 Å². The van der Waals surface area contributed by atoms with Crippen LogP contribution in [0.4, 0.5) is 0 Å². The molecule has 58 valence electrons. The molecule has 1 aromatic rings. The number of phenolic OH excluding ortho intramolecular Hbond substituents is 1. The van der Waals surface area contributed by atoms with Crippen LogP contribution in [0.2, 0.25) is 0 Å². The van der Waals surface area contributed by atoms with E-state index in [1.165, 1.54) is 12.1 Å². The second-order valence-electron chi connectivity index (χ2n) is 1.94. The number of hydrogen-bond acceptors (Lipinski definition) is 3. The average Bonchev–Trinajstić information content (AvgIpc) is 1.93. The van der Waals surface area contributed by atoms with Crippen LogP contribution in [0.25, 0.3) is 0 Å². The lowest BCUT2D eigenvalue weighted by Crippen LogP contribution is -1.81. The molecular formula is C7H6O3S. The van der Waals surface area contributed by atoms with E-state index in [9.17, 15) is 8.42 Å². The molecule has 0 unspecified atom stereocenters. The highest BCUT2D eigenvalue weighted by Gasteiger charge is 1.93. The molecule has 0 radical (unpaired) electrons. The van der Waals surface area contributed by atoms with E-state index in [-0.39, 0.29) is 5.75 Å². The second kappa shape index (κ2) is 3.21.